The molecule has 4 rings (SSSR count). The lowest BCUT2D eigenvalue weighted by atomic mass is 10.2. The third-order valence-electron chi connectivity index (χ3n) is 4.68. The molecule has 1 N–H and O–H groups in total. The van der Waals surface area contributed by atoms with Crippen LogP contribution >= 0.6 is 0 Å². The molecule has 154 valence electrons. The second-order valence-corrected chi connectivity index (χ2v) is 6.86. The summed E-state index contributed by atoms with van der Waals surface area (Å²) in [6, 6.07) is 14.1. The third-order valence-corrected chi connectivity index (χ3v) is 4.68. The average Bonchev–Trinajstić information content (AvgIpc) is 3.19. The molecule has 2 heterocycles. The van der Waals surface area contributed by atoms with Gasteiger partial charge in [-0.05, 0) is 56.2 Å². The zero-order valence-electron chi connectivity index (χ0n) is 17.4. The van der Waals surface area contributed by atoms with Crippen LogP contribution in [0.5, 0.6) is 11.5 Å². The van der Waals surface area contributed by atoms with Crippen molar-refractivity contribution < 1.29 is 9.47 Å². The lowest BCUT2D eigenvalue weighted by Crippen LogP contribution is -2.04. The average molecular weight is 403 g/mol. The zero-order valence-corrected chi connectivity index (χ0v) is 17.4. The largest absolute Gasteiger partial charge is 0.490 e. The molecule has 2 aromatic heterocycles. The summed E-state index contributed by atoms with van der Waals surface area (Å²) in [7, 11) is 0. The Morgan fingerprint density at radius 2 is 1.80 bits per heavy atom. The van der Waals surface area contributed by atoms with Gasteiger partial charge in [-0.25, -0.2) is 14.6 Å². The number of nitrogens with one attached hydrogen (secondary N) is 1. The molecule has 7 nitrogen and oxygen atoms in total. The standard InChI is InChI=1S/C23H25N5O2/c1-4-29-20-10-9-17(12-21(20)30-5-2)13-24-22-19-14-27-28(23(19)26-15-25-22)18-8-6-7-16(3)11-18/h6-12,14-15H,4-5,13H2,1-3H3,(H,24,25,26). The number of rotatable bonds is 8. The fraction of sp³-hybridized carbons (Fsp3) is 0.261. The maximum Gasteiger partial charge on any atom is 0.168 e. The maximum absolute atomic E-state index is 5.72. The summed E-state index contributed by atoms with van der Waals surface area (Å²) in [6.45, 7) is 7.76. The number of aromatic nitrogens is 4. The Labute approximate surface area is 175 Å². The Morgan fingerprint density at radius 3 is 2.60 bits per heavy atom. The van der Waals surface area contributed by atoms with Gasteiger partial charge in [0.2, 0.25) is 0 Å². The molecule has 0 spiro atoms. The highest BCUT2D eigenvalue weighted by Gasteiger charge is 2.12. The molecular weight excluding hydrogens is 378 g/mol. The van der Waals surface area contributed by atoms with Crippen LogP contribution in [0.25, 0.3) is 16.7 Å². The number of aryl methyl sites for hydroxylation is 1. The Kier molecular flexibility index (Phi) is 5.79. The molecule has 0 aliphatic carbocycles. The van der Waals surface area contributed by atoms with Gasteiger partial charge in [-0.1, -0.05) is 18.2 Å². The van der Waals surface area contributed by atoms with Crippen molar-refractivity contribution in [1.82, 2.24) is 19.7 Å². The molecule has 7 heteroatoms. The van der Waals surface area contributed by atoms with Crippen molar-refractivity contribution >= 4 is 16.9 Å². The van der Waals surface area contributed by atoms with Crippen molar-refractivity contribution in [1.29, 1.82) is 0 Å². The first kappa shape index (κ1) is 19.7. The lowest BCUT2D eigenvalue weighted by Gasteiger charge is -2.13. The van der Waals surface area contributed by atoms with Crippen molar-refractivity contribution in [2.75, 3.05) is 18.5 Å². The number of fused-ring (bicyclic) bond motifs is 1. The van der Waals surface area contributed by atoms with E-state index in [0.29, 0.717) is 19.8 Å². The van der Waals surface area contributed by atoms with Crippen LogP contribution in [0.2, 0.25) is 0 Å². The molecule has 0 aliphatic rings. The molecule has 30 heavy (non-hydrogen) atoms. The Bertz CT molecular complexity index is 1160. The minimum atomic E-state index is 0.585. The molecule has 4 aromatic rings. The summed E-state index contributed by atoms with van der Waals surface area (Å²) in [5.41, 5.74) is 3.98. The van der Waals surface area contributed by atoms with Crippen LogP contribution in [-0.4, -0.2) is 33.0 Å². The van der Waals surface area contributed by atoms with Gasteiger partial charge in [0.25, 0.3) is 0 Å². The van der Waals surface area contributed by atoms with Gasteiger partial charge in [-0.2, -0.15) is 5.10 Å². The highest BCUT2D eigenvalue weighted by atomic mass is 16.5. The first-order valence-electron chi connectivity index (χ1n) is 10.1. The second-order valence-electron chi connectivity index (χ2n) is 6.86. The summed E-state index contributed by atoms with van der Waals surface area (Å²) in [5, 5.41) is 8.80. The zero-order chi connectivity index (χ0) is 20.9. The quantitative estimate of drug-likeness (QED) is 0.466. The minimum Gasteiger partial charge on any atom is -0.490 e. The molecule has 2 aromatic carbocycles. The van der Waals surface area contributed by atoms with Gasteiger partial charge in [-0.3, -0.25) is 0 Å². The van der Waals surface area contributed by atoms with Crippen LogP contribution in [0.15, 0.2) is 55.0 Å². The van der Waals surface area contributed by atoms with E-state index in [1.165, 1.54) is 5.56 Å². The van der Waals surface area contributed by atoms with Gasteiger partial charge >= 0.3 is 0 Å². The Hall–Kier alpha value is -3.61. The van der Waals surface area contributed by atoms with Crippen LogP contribution < -0.4 is 14.8 Å². The van der Waals surface area contributed by atoms with Gasteiger partial charge < -0.3 is 14.8 Å². The monoisotopic (exact) mass is 403 g/mol. The van der Waals surface area contributed by atoms with Gasteiger partial charge in [0.1, 0.15) is 12.1 Å². The van der Waals surface area contributed by atoms with Gasteiger partial charge in [-0.15, -0.1) is 0 Å². The van der Waals surface area contributed by atoms with E-state index >= 15 is 0 Å². The van der Waals surface area contributed by atoms with Gasteiger partial charge in [0.05, 0.1) is 30.5 Å². The summed E-state index contributed by atoms with van der Waals surface area (Å²) < 4.78 is 13.2. The molecule has 0 fully saturated rings. The minimum absolute atomic E-state index is 0.585. The van der Waals surface area contributed by atoms with E-state index in [1.807, 2.05) is 48.9 Å². The number of anilines is 1. The summed E-state index contributed by atoms with van der Waals surface area (Å²) in [4.78, 5) is 8.87. The summed E-state index contributed by atoms with van der Waals surface area (Å²) >= 11 is 0. The smallest absolute Gasteiger partial charge is 0.168 e. The molecule has 0 unspecified atom stereocenters. The first-order chi connectivity index (χ1) is 14.7. The van der Waals surface area contributed by atoms with Crippen LogP contribution in [0.4, 0.5) is 5.82 Å². The van der Waals surface area contributed by atoms with E-state index in [4.69, 9.17) is 9.47 Å². The van der Waals surface area contributed by atoms with Crippen molar-refractivity contribution in [3.05, 3.63) is 66.1 Å². The van der Waals surface area contributed by atoms with Crippen LogP contribution in [0, 0.1) is 6.92 Å². The highest BCUT2D eigenvalue weighted by Crippen LogP contribution is 2.29. The molecular formula is C23H25N5O2. The highest BCUT2D eigenvalue weighted by molar-refractivity contribution is 5.87. The van der Waals surface area contributed by atoms with E-state index in [2.05, 4.69) is 39.4 Å². The first-order valence-corrected chi connectivity index (χ1v) is 10.1. The van der Waals surface area contributed by atoms with E-state index < -0.39 is 0 Å². The molecule has 0 bridgehead atoms. The summed E-state index contributed by atoms with van der Waals surface area (Å²) in [6.07, 6.45) is 3.35. The fourth-order valence-corrected chi connectivity index (χ4v) is 3.32. The van der Waals surface area contributed by atoms with Crippen molar-refractivity contribution in [3.8, 4) is 17.2 Å². The number of nitrogens with zero attached hydrogens (tertiary/aromatic N) is 4. The number of ether oxygens (including phenoxy) is 2. The molecule has 0 amide bonds. The Morgan fingerprint density at radius 1 is 0.967 bits per heavy atom. The number of hydrogen-bond donors (Lipinski definition) is 1. The molecule has 0 saturated heterocycles. The van der Waals surface area contributed by atoms with Crippen LogP contribution in [-0.2, 0) is 6.54 Å². The van der Waals surface area contributed by atoms with E-state index in [1.54, 1.807) is 12.5 Å². The van der Waals surface area contributed by atoms with E-state index in [0.717, 1.165) is 39.6 Å². The fourth-order valence-electron chi connectivity index (χ4n) is 3.32. The van der Waals surface area contributed by atoms with Gasteiger partial charge in [0.15, 0.2) is 17.1 Å². The van der Waals surface area contributed by atoms with Gasteiger partial charge in [0, 0.05) is 6.54 Å². The third kappa shape index (κ3) is 4.05. The normalized spacial score (nSPS) is 10.9. The molecule has 0 saturated carbocycles. The van der Waals surface area contributed by atoms with Crippen molar-refractivity contribution in [2.45, 2.75) is 27.3 Å². The van der Waals surface area contributed by atoms with Crippen LogP contribution in [0.1, 0.15) is 25.0 Å². The molecule has 0 atom stereocenters. The predicted molar refractivity (Wildman–Crippen MR) is 118 cm³/mol. The van der Waals surface area contributed by atoms with Crippen molar-refractivity contribution in [3.63, 3.8) is 0 Å². The topological polar surface area (TPSA) is 74.1 Å². The maximum atomic E-state index is 5.72. The molecule has 0 radical (unpaired) electrons. The number of hydrogen-bond acceptors (Lipinski definition) is 6. The van der Waals surface area contributed by atoms with E-state index in [-0.39, 0.29) is 0 Å². The Balaban J connectivity index is 1.58. The predicted octanol–water partition coefficient (Wildman–Crippen LogP) is 4.53. The SMILES string of the molecule is CCOc1ccc(CNc2ncnc3c2cnn3-c2cccc(C)c2)cc1OCC. The van der Waals surface area contributed by atoms with E-state index in [9.17, 15) is 0 Å². The second kappa shape index (κ2) is 8.82. The van der Waals surface area contributed by atoms with Crippen molar-refractivity contribution in [2.24, 2.45) is 0 Å². The molecule has 0 aliphatic heterocycles. The van der Waals surface area contributed by atoms with Crippen LogP contribution in [0.3, 0.4) is 0 Å². The lowest BCUT2D eigenvalue weighted by molar-refractivity contribution is 0.287. The summed E-state index contributed by atoms with van der Waals surface area (Å²) in [5.74, 6) is 2.25. The number of benzene rings is 2.